The van der Waals surface area contributed by atoms with Crippen LogP contribution in [0, 0.1) is 0 Å². The second kappa shape index (κ2) is 10.2. The molecule has 8 nitrogen and oxygen atoms in total. The molecule has 10 heteroatoms. The lowest BCUT2D eigenvalue weighted by atomic mass is 9.94. The van der Waals surface area contributed by atoms with E-state index in [-0.39, 0.29) is 24.8 Å². The fraction of sp³-hybridized carbons (Fsp3) is 0.417. The first kappa shape index (κ1) is 24.3. The molecule has 3 heterocycles. The van der Waals surface area contributed by atoms with Gasteiger partial charge in [0, 0.05) is 43.8 Å². The van der Waals surface area contributed by atoms with Crippen LogP contribution in [0.1, 0.15) is 38.8 Å². The molecule has 3 aliphatic rings. The van der Waals surface area contributed by atoms with Crippen LogP contribution < -0.4 is 0 Å². The van der Waals surface area contributed by atoms with Crippen LogP contribution in [-0.4, -0.2) is 70.4 Å². The second-order valence-electron chi connectivity index (χ2n) is 8.23. The van der Waals surface area contributed by atoms with E-state index in [1.165, 1.54) is 11.8 Å². The Bertz CT molecular complexity index is 1090. The number of nitrogens with zero attached hydrogens (tertiary/aromatic N) is 4. The molecule has 0 radical (unpaired) electrons. The number of carbonyl (C=O) groups excluding carboxylic acids is 3. The zero-order chi connectivity index (χ0) is 24.4. The van der Waals surface area contributed by atoms with Crippen molar-refractivity contribution in [3.63, 3.8) is 0 Å². The number of rotatable bonds is 5. The van der Waals surface area contributed by atoms with Gasteiger partial charge in [0.1, 0.15) is 0 Å². The van der Waals surface area contributed by atoms with E-state index < -0.39 is 12.0 Å². The van der Waals surface area contributed by atoms with Crippen molar-refractivity contribution in [2.45, 2.75) is 33.2 Å². The van der Waals surface area contributed by atoms with Crippen LogP contribution in [-0.2, 0) is 19.1 Å². The lowest BCUT2D eigenvalue weighted by Gasteiger charge is -2.37. The van der Waals surface area contributed by atoms with Gasteiger partial charge in [-0.2, -0.15) is 0 Å². The summed E-state index contributed by atoms with van der Waals surface area (Å²) in [6.45, 7) is 7.45. The first-order valence-electron chi connectivity index (χ1n) is 11.2. The Kier molecular flexibility index (Phi) is 7.33. The van der Waals surface area contributed by atoms with E-state index in [9.17, 15) is 14.4 Å². The van der Waals surface area contributed by atoms with Crippen molar-refractivity contribution in [3.8, 4) is 0 Å². The summed E-state index contributed by atoms with van der Waals surface area (Å²) in [6, 6.07) is 6.85. The maximum atomic E-state index is 13.2. The van der Waals surface area contributed by atoms with Gasteiger partial charge in [0.15, 0.2) is 5.17 Å². The van der Waals surface area contributed by atoms with E-state index in [4.69, 9.17) is 16.3 Å². The molecule has 1 aromatic carbocycles. The Morgan fingerprint density at radius 1 is 1.12 bits per heavy atom. The van der Waals surface area contributed by atoms with Gasteiger partial charge in [0.05, 0.1) is 30.3 Å². The monoisotopic (exact) mass is 502 g/mol. The van der Waals surface area contributed by atoms with Gasteiger partial charge in [-0.3, -0.25) is 9.59 Å². The van der Waals surface area contributed by atoms with Crippen molar-refractivity contribution in [1.82, 2.24) is 14.7 Å². The number of ether oxygens (including phenoxy) is 1. The van der Waals surface area contributed by atoms with Gasteiger partial charge in [-0.05, 0) is 37.0 Å². The summed E-state index contributed by atoms with van der Waals surface area (Å²) in [5, 5.41) is 3.24. The minimum absolute atomic E-state index is 0.0184. The molecule has 4 rings (SSSR count). The summed E-state index contributed by atoms with van der Waals surface area (Å²) in [7, 11) is 0. The number of hydrogen-bond acceptors (Lipinski definition) is 7. The molecule has 0 aromatic heterocycles. The molecule has 1 saturated heterocycles. The SMILES string of the molecule is CCOC(=O)C1=C(C)N=C2SC=C(CC(=O)N3CCN(C(C)=O)CC3)N2[C@H]1c1ccc(Cl)cc1. The average Bonchev–Trinajstić information content (AvgIpc) is 3.20. The molecule has 0 unspecified atom stereocenters. The Balaban J connectivity index is 1.60. The van der Waals surface area contributed by atoms with Gasteiger partial charge in [-0.15, -0.1) is 0 Å². The Morgan fingerprint density at radius 2 is 1.76 bits per heavy atom. The highest BCUT2D eigenvalue weighted by Crippen LogP contribution is 2.45. The van der Waals surface area contributed by atoms with E-state index in [1.54, 1.807) is 42.7 Å². The topological polar surface area (TPSA) is 82.5 Å². The molecule has 0 aliphatic carbocycles. The van der Waals surface area contributed by atoms with E-state index in [0.29, 0.717) is 42.5 Å². The number of fused-ring (bicyclic) bond motifs is 1. The van der Waals surface area contributed by atoms with Crippen molar-refractivity contribution in [2.24, 2.45) is 4.99 Å². The molecular weight excluding hydrogens is 476 g/mol. The predicted molar refractivity (Wildman–Crippen MR) is 132 cm³/mol. The number of thioether (sulfide) groups is 1. The number of carbonyl (C=O) groups is 3. The molecule has 3 aliphatic heterocycles. The quantitative estimate of drug-likeness (QED) is 0.572. The van der Waals surface area contributed by atoms with Gasteiger partial charge >= 0.3 is 5.97 Å². The summed E-state index contributed by atoms with van der Waals surface area (Å²) in [6.07, 6.45) is 0.172. The molecule has 1 aromatic rings. The molecular formula is C24H27ClN4O4S. The summed E-state index contributed by atoms with van der Waals surface area (Å²) in [5.41, 5.74) is 2.68. The maximum Gasteiger partial charge on any atom is 0.338 e. The van der Waals surface area contributed by atoms with Crippen molar-refractivity contribution in [1.29, 1.82) is 0 Å². The van der Waals surface area contributed by atoms with E-state index in [2.05, 4.69) is 4.99 Å². The van der Waals surface area contributed by atoms with Crippen LogP contribution in [0.15, 0.2) is 51.6 Å². The number of benzene rings is 1. The van der Waals surface area contributed by atoms with Crippen LogP contribution >= 0.6 is 23.4 Å². The highest BCUT2D eigenvalue weighted by Gasteiger charge is 2.41. The Labute approximate surface area is 208 Å². The molecule has 1 atom stereocenters. The van der Waals surface area contributed by atoms with E-state index in [0.717, 1.165) is 16.4 Å². The molecule has 0 saturated carbocycles. The Hall–Kier alpha value is -2.78. The number of aliphatic imine (C=N–C) groups is 1. The minimum Gasteiger partial charge on any atom is -0.463 e. The van der Waals surface area contributed by atoms with Crippen LogP contribution in [0.3, 0.4) is 0 Å². The summed E-state index contributed by atoms with van der Waals surface area (Å²) in [5.74, 6) is -0.420. The van der Waals surface area contributed by atoms with Crippen molar-refractivity contribution in [3.05, 3.63) is 57.2 Å². The predicted octanol–water partition coefficient (Wildman–Crippen LogP) is 3.56. The highest BCUT2D eigenvalue weighted by atomic mass is 35.5. The van der Waals surface area contributed by atoms with Crippen molar-refractivity contribution >= 4 is 46.3 Å². The molecule has 1 fully saturated rings. The lowest BCUT2D eigenvalue weighted by molar-refractivity contribution is -0.139. The number of allylic oxidation sites excluding steroid dienone is 1. The third-order valence-electron chi connectivity index (χ3n) is 6.09. The van der Waals surface area contributed by atoms with Gasteiger partial charge in [-0.25, -0.2) is 9.79 Å². The molecule has 0 bridgehead atoms. The van der Waals surface area contributed by atoms with Crippen LogP contribution in [0.2, 0.25) is 5.02 Å². The number of piperazine rings is 1. The molecule has 2 amide bonds. The normalized spacial score (nSPS) is 20.1. The van der Waals surface area contributed by atoms with Crippen LogP contribution in [0.4, 0.5) is 0 Å². The average molecular weight is 503 g/mol. The molecule has 180 valence electrons. The number of hydrogen-bond donors (Lipinski definition) is 0. The summed E-state index contributed by atoms with van der Waals surface area (Å²) >= 11 is 7.56. The largest absolute Gasteiger partial charge is 0.463 e. The first-order chi connectivity index (χ1) is 16.3. The highest BCUT2D eigenvalue weighted by molar-refractivity contribution is 8.16. The Morgan fingerprint density at radius 3 is 2.38 bits per heavy atom. The van der Waals surface area contributed by atoms with Gasteiger partial charge < -0.3 is 19.4 Å². The second-order valence-corrected chi connectivity index (χ2v) is 9.50. The van der Waals surface area contributed by atoms with Gasteiger partial charge in [-0.1, -0.05) is 35.5 Å². The minimum atomic E-state index is -0.479. The number of amides is 2. The van der Waals surface area contributed by atoms with Crippen molar-refractivity contribution in [2.75, 3.05) is 32.8 Å². The third-order valence-corrected chi connectivity index (χ3v) is 7.23. The zero-order valence-corrected chi connectivity index (χ0v) is 21.0. The smallest absolute Gasteiger partial charge is 0.338 e. The number of amidine groups is 1. The fourth-order valence-corrected chi connectivity index (χ4v) is 5.43. The molecule has 34 heavy (non-hydrogen) atoms. The summed E-state index contributed by atoms with van der Waals surface area (Å²) < 4.78 is 5.36. The first-order valence-corrected chi connectivity index (χ1v) is 12.5. The number of esters is 1. The maximum absolute atomic E-state index is 13.2. The number of halogens is 1. The van der Waals surface area contributed by atoms with Crippen LogP contribution in [0.5, 0.6) is 0 Å². The summed E-state index contributed by atoms with van der Waals surface area (Å²) in [4.78, 5) is 47.9. The van der Waals surface area contributed by atoms with E-state index in [1.807, 2.05) is 22.4 Å². The van der Waals surface area contributed by atoms with E-state index >= 15 is 0 Å². The molecule has 0 N–H and O–H groups in total. The standard InChI is InChI=1S/C24H27ClN4O4S/c1-4-33-23(32)21-15(2)26-24-29(22(21)17-5-7-18(25)8-6-17)19(14-34-24)13-20(31)28-11-9-27(10-12-28)16(3)30/h5-8,14,22H,4,9-13H2,1-3H3/t22-/m0/s1. The van der Waals surface area contributed by atoms with Crippen LogP contribution in [0.25, 0.3) is 0 Å². The lowest BCUT2D eigenvalue weighted by Crippen LogP contribution is -2.50. The third kappa shape index (κ3) is 4.86. The zero-order valence-electron chi connectivity index (χ0n) is 19.4. The van der Waals surface area contributed by atoms with Gasteiger partial charge in [0.25, 0.3) is 0 Å². The van der Waals surface area contributed by atoms with Crippen molar-refractivity contribution < 1.29 is 19.1 Å². The fourth-order valence-electron chi connectivity index (χ4n) is 4.34. The molecule has 0 spiro atoms. The van der Waals surface area contributed by atoms with Gasteiger partial charge in [0.2, 0.25) is 11.8 Å².